The maximum absolute atomic E-state index is 3.49. The van der Waals surface area contributed by atoms with E-state index in [-0.39, 0.29) is 0 Å². The standard InChI is InChI=1S/C13H28N2/c1-5-6-14-8-11(2)9-15(4)10-13-7-12(13)3/h11-14H,5-10H2,1-4H3. The van der Waals surface area contributed by atoms with Crippen molar-refractivity contribution in [2.45, 2.75) is 33.6 Å². The maximum atomic E-state index is 3.49. The predicted molar refractivity (Wildman–Crippen MR) is 67.1 cm³/mol. The van der Waals surface area contributed by atoms with Gasteiger partial charge >= 0.3 is 0 Å². The van der Waals surface area contributed by atoms with Crippen LogP contribution in [0.1, 0.15) is 33.6 Å². The summed E-state index contributed by atoms with van der Waals surface area (Å²) in [6.45, 7) is 11.8. The van der Waals surface area contributed by atoms with Gasteiger partial charge in [0.1, 0.15) is 0 Å². The van der Waals surface area contributed by atoms with Crippen molar-refractivity contribution in [2.24, 2.45) is 17.8 Å². The molecule has 2 heteroatoms. The van der Waals surface area contributed by atoms with Crippen molar-refractivity contribution >= 4 is 0 Å². The molecule has 1 fully saturated rings. The minimum absolute atomic E-state index is 0.774. The SMILES string of the molecule is CCCNCC(C)CN(C)CC1CC1C. The van der Waals surface area contributed by atoms with Crippen molar-refractivity contribution in [3.63, 3.8) is 0 Å². The van der Waals surface area contributed by atoms with Gasteiger partial charge in [0.2, 0.25) is 0 Å². The lowest BCUT2D eigenvalue weighted by Crippen LogP contribution is -2.32. The van der Waals surface area contributed by atoms with E-state index in [1.165, 1.54) is 32.5 Å². The van der Waals surface area contributed by atoms with E-state index in [1.54, 1.807) is 0 Å². The summed E-state index contributed by atoms with van der Waals surface area (Å²) in [4.78, 5) is 2.51. The molecule has 0 saturated heterocycles. The quantitative estimate of drug-likeness (QED) is 0.621. The molecule has 2 nitrogen and oxygen atoms in total. The summed E-state index contributed by atoms with van der Waals surface area (Å²) in [6.07, 6.45) is 2.69. The Morgan fingerprint density at radius 3 is 2.67 bits per heavy atom. The molecule has 0 spiro atoms. The van der Waals surface area contributed by atoms with Crippen LogP contribution >= 0.6 is 0 Å². The second-order valence-electron chi connectivity index (χ2n) is 5.50. The van der Waals surface area contributed by atoms with Gasteiger partial charge in [-0.2, -0.15) is 0 Å². The fraction of sp³-hybridized carbons (Fsp3) is 1.00. The Hall–Kier alpha value is -0.0800. The molecule has 3 unspecified atom stereocenters. The summed E-state index contributed by atoms with van der Waals surface area (Å²) in [5.41, 5.74) is 0. The second-order valence-corrected chi connectivity index (χ2v) is 5.50. The number of nitrogens with zero attached hydrogens (tertiary/aromatic N) is 1. The van der Waals surface area contributed by atoms with Gasteiger partial charge in [-0.1, -0.05) is 20.8 Å². The van der Waals surface area contributed by atoms with Gasteiger partial charge in [0, 0.05) is 13.1 Å². The molecule has 3 atom stereocenters. The molecule has 0 heterocycles. The van der Waals surface area contributed by atoms with Gasteiger partial charge in [-0.05, 0) is 50.7 Å². The average Bonchev–Trinajstić information content (AvgIpc) is 2.81. The van der Waals surface area contributed by atoms with Crippen LogP contribution in [0.4, 0.5) is 0 Å². The smallest absolute Gasteiger partial charge is 0.00162 e. The van der Waals surface area contributed by atoms with Crippen LogP contribution in [0.2, 0.25) is 0 Å². The lowest BCUT2D eigenvalue weighted by molar-refractivity contribution is 0.268. The maximum Gasteiger partial charge on any atom is 0.00162 e. The molecule has 90 valence electrons. The molecule has 0 aliphatic heterocycles. The number of hydrogen-bond acceptors (Lipinski definition) is 2. The first kappa shape index (κ1) is 13.0. The third-order valence-electron chi connectivity index (χ3n) is 3.37. The summed E-state index contributed by atoms with van der Waals surface area (Å²) >= 11 is 0. The van der Waals surface area contributed by atoms with Crippen LogP contribution in [-0.2, 0) is 0 Å². The summed E-state index contributed by atoms with van der Waals surface area (Å²) in [6, 6.07) is 0. The zero-order valence-electron chi connectivity index (χ0n) is 10.9. The monoisotopic (exact) mass is 212 g/mol. The highest BCUT2D eigenvalue weighted by atomic mass is 15.1. The average molecular weight is 212 g/mol. The molecule has 15 heavy (non-hydrogen) atoms. The molecule has 1 N–H and O–H groups in total. The molecule has 0 bridgehead atoms. The molecule has 0 aromatic heterocycles. The van der Waals surface area contributed by atoms with E-state index in [0.717, 1.165) is 24.3 Å². The third kappa shape index (κ3) is 5.53. The molecule has 1 rings (SSSR count). The zero-order chi connectivity index (χ0) is 11.3. The van der Waals surface area contributed by atoms with Gasteiger partial charge in [0.15, 0.2) is 0 Å². The number of nitrogens with one attached hydrogen (secondary N) is 1. The van der Waals surface area contributed by atoms with Crippen molar-refractivity contribution in [2.75, 3.05) is 33.2 Å². The second kappa shape index (κ2) is 6.49. The number of hydrogen-bond donors (Lipinski definition) is 1. The van der Waals surface area contributed by atoms with Gasteiger partial charge in [0.05, 0.1) is 0 Å². The van der Waals surface area contributed by atoms with Crippen LogP contribution in [0.5, 0.6) is 0 Å². The Morgan fingerprint density at radius 2 is 2.13 bits per heavy atom. The molecule has 0 aromatic rings. The Morgan fingerprint density at radius 1 is 1.47 bits per heavy atom. The molecule has 0 radical (unpaired) electrons. The van der Waals surface area contributed by atoms with E-state index in [2.05, 4.69) is 38.0 Å². The highest BCUT2D eigenvalue weighted by Crippen LogP contribution is 2.37. The minimum atomic E-state index is 0.774. The molecule has 0 amide bonds. The van der Waals surface area contributed by atoms with Crippen LogP contribution < -0.4 is 5.32 Å². The van der Waals surface area contributed by atoms with Gasteiger partial charge in [-0.15, -0.1) is 0 Å². The lowest BCUT2D eigenvalue weighted by Gasteiger charge is -2.21. The fourth-order valence-electron chi connectivity index (χ4n) is 2.25. The van der Waals surface area contributed by atoms with Crippen molar-refractivity contribution in [1.29, 1.82) is 0 Å². The lowest BCUT2D eigenvalue weighted by atomic mass is 10.1. The highest BCUT2D eigenvalue weighted by molar-refractivity contribution is 4.84. The van der Waals surface area contributed by atoms with E-state index in [1.807, 2.05) is 0 Å². The van der Waals surface area contributed by atoms with E-state index < -0.39 is 0 Å². The van der Waals surface area contributed by atoms with Crippen molar-refractivity contribution in [1.82, 2.24) is 10.2 Å². The molecule has 1 aliphatic rings. The first-order valence-electron chi connectivity index (χ1n) is 6.52. The van der Waals surface area contributed by atoms with E-state index >= 15 is 0 Å². The molecular weight excluding hydrogens is 184 g/mol. The van der Waals surface area contributed by atoms with Crippen LogP contribution in [0, 0.1) is 17.8 Å². The van der Waals surface area contributed by atoms with Gasteiger partial charge in [0.25, 0.3) is 0 Å². The van der Waals surface area contributed by atoms with E-state index in [4.69, 9.17) is 0 Å². The minimum Gasteiger partial charge on any atom is -0.316 e. The fourth-order valence-corrected chi connectivity index (χ4v) is 2.25. The van der Waals surface area contributed by atoms with Crippen molar-refractivity contribution in [3.8, 4) is 0 Å². The first-order chi connectivity index (χ1) is 7.13. The molecule has 0 aromatic carbocycles. The first-order valence-corrected chi connectivity index (χ1v) is 6.52. The van der Waals surface area contributed by atoms with Crippen molar-refractivity contribution < 1.29 is 0 Å². The van der Waals surface area contributed by atoms with E-state index in [0.29, 0.717) is 0 Å². The highest BCUT2D eigenvalue weighted by Gasteiger charge is 2.33. The Bertz CT molecular complexity index is 170. The topological polar surface area (TPSA) is 15.3 Å². The van der Waals surface area contributed by atoms with Gasteiger partial charge < -0.3 is 10.2 Å². The molecular formula is C13H28N2. The summed E-state index contributed by atoms with van der Waals surface area (Å²) in [5, 5.41) is 3.49. The number of rotatable bonds is 8. The molecule has 1 aliphatic carbocycles. The Labute approximate surface area is 95.4 Å². The summed E-state index contributed by atoms with van der Waals surface area (Å²) in [7, 11) is 2.27. The summed E-state index contributed by atoms with van der Waals surface area (Å²) < 4.78 is 0. The van der Waals surface area contributed by atoms with Gasteiger partial charge in [-0.3, -0.25) is 0 Å². The van der Waals surface area contributed by atoms with Crippen molar-refractivity contribution in [3.05, 3.63) is 0 Å². The zero-order valence-corrected chi connectivity index (χ0v) is 10.9. The third-order valence-corrected chi connectivity index (χ3v) is 3.37. The van der Waals surface area contributed by atoms with Crippen LogP contribution in [0.15, 0.2) is 0 Å². The van der Waals surface area contributed by atoms with Crippen LogP contribution in [0.25, 0.3) is 0 Å². The normalized spacial score (nSPS) is 27.0. The van der Waals surface area contributed by atoms with E-state index in [9.17, 15) is 0 Å². The molecule has 1 saturated carbocycles. The summed E-state index contributed by atoms with van der Waals surface area (Å²) in [5.74, 6) is 2.75. The van der Waals surface area contributed by atoms with Crippen LogP contribution in [0.3, 0.4) is 0 Å². The largest absolute Gasteiger partial charge is 0.316 e. The van der Waals surface area contributed by atoms with Crippen LogP contribution in [-0.4, -0.2) is 38.1 Å². The Kier molecular flexibility index (Phi) is 5.62. The predicted octanol–water partition coefficient (Wildman–Crippen LogP) is 2.21. The van der Waals surface area contributed by atoms with Gasteiger partial charge in [-0.25, -0.2) is 0 Å². The Balaban J connectivity index is 2.00.